The molecular weight excluding hydrogens is 482 g/mol. The van der Waals surface area contributed by atoms with Crippen molar-refractivity contribution >= 4 is 54.1 Å². The van der Waals surface area contributed by atoms with Crippen molar-refractivity contribution in [3.05, 3.63) is 132 Å². The van der Waals surface area contributed by atoms with Crippen molar-refractivity contribution in [2.45, 2.75) is 19.3 Å². The molecule has 1 N–H and O–H groups in total. The van der Waals surface area contributed by atoms with Crippen LogP contribution in [0.2, 0.25) is 0 Å². The van der Waals surface area contributed by atoms with E-state index in [-0.39, 0.29) is 6.84 Å². The van der Waals surface area contributed by atoms with E-state index >= 15 is 0 Å². The van der Waals surface area contributed by atoms with Gasteiger partial charge in [-0.25, -0.2) is 0 Å². The Hall–Kier alpha value is -4.88. The summed E-state index contributed by atoms with van der Waals surface area (Å²) in [5, 5.41) is 10.4. The van der Waals surface area contributed by atoms with Crippen molar-refractivity contribution in [1.82, 2.24) is 4.98 Å². The van der Waals surface area contributed by atoms with Crippen molar-refractivity contribution < 1.29 is 1.43 Å². The van der Waals surface area contributed by atoms with E-state index < -0.39 is 0 Å². The predicted octanol–water partition coefficient (Wildman–Crippen LogP) is 11.0. The molecule has 8 aromatic rings. The topological polar surface area (TPSA) is 15.8 Å². The third-order valence-electron chi connectivity index (χ3n) is 9.39. The van der Waals surface area contributed by atoms with Crippen molar-refractivity contribution in [3.8, 4) is 22.3 Å². The third kappa shape index (κ3) is 2.72. The van der Waals surface area contributed by atoms with Gasteiger partial charge in [-0.05, 0) is 60.8 Å². The number of H-pyrrole nitrogens is 1. The minimum atomic E-state index is -0.0296. The molecular formula is C39H29N. The lowest BCUT2D eigenvalue weighted by Gasteiger charge is -2.21. The summed E-state index contributed by atoms with van der Waals surface area (Å²) < 4.78 is 0. The Kier molecular flexibility index (Phi) is 4.18. The summed E-state index contributed by atoms with van der Waals surface area (Å²) >= 11 is 0. The second-order valence-electron chi connectivity index (χ2n) is 11.8. The second-order valence-corrected chi connectivity index (χ2v) is 11.8. The maximum Gasteiger partial charge on any atom is 0.0551 e. The van der Waals surface area contributed by atoms with E-state index in [1.54, 1.807) is 0 Å². The van der Waals surface area contributed by atoms with Crippen molar-refractivity contribution in [2.75, 3.05) is 0 Å². The maximum atomic E-state index is 3.91. The Morgan fingerprint density at radius 2 is 1.15 bits per heavy atom. The van der Waals surface area contributed by atoms with Gasteiger partial charge in [0.15, 0.2) is 0 Å². The van der Waals surface area contributed by atoms with Crippen molar-refractivity contribution in [2.24, 2.45) is 0 Å². The number of nitrogens with one attached hydrogen (secondary N) is 1. The lowest BCUT2D eigenvalue weighted by Crippen LogP contribution is -2.14. The molecule has 1 heteroatoms. The van der Waals surface area contributed by atoms with Gasteiger partial charge < -0.3 is 4.98 Å². The first-order valence-corrected chi connectivity index (χ1v) is 14.1. The Morgan fingerprint density at radius 3 is 1.98 bits per heavy atom. The van der Waals surface area contributed by atoms with E-state index in [4.69, 9.17) is 0 Å². The van der Waals surface area contributed by atoms with Crippen LogP contribution in [-0.2, 0) is 5.41 Å². The summed E-state index contributed by atoms with van der Waals surface area (Å²) in [6.07, 6.45) is 0. The lowest BCUT2D eigenvalue weighted by atomic mass is 9.82. The van der Waals surface area contributed by atoms with Crippen LogP contribution >= 0.6 is 0 Å². The fraction of sp³-hybridized carbons (Fsp3) is 0.0769. The van der Waals surface area contributed by atoms with Crippen LogP contribution in [0, 0.1) is 0 Å². The molecule has 1 aliphatic rings. The predicted molar refractivity (Wildman–Crippen MR) is 173 cm³/mol. The molecule has 0 saturated carbocycles. The molecule has 0 atom stereocenters. The number of hydrogen-bond acceptors (Lipinski definition) is 0. The zero-order valence-electron chi connectivity index (χ0n) is 22.5. The number of aromatic nitrogens is 1. The molecule has 1 aliphatic carbocycles. The molecule has 0 saturated heterocycles. The minimum Gasteiger partial charge on any atom is -0.353 e. The summed E-state index contributed by atoms with van der Waals surface area (Å²) in [5.74, 6) is 0. The van der Waals surface area contributed by atoms with Gasteiger partial charge in [0.25, 0.3) is 0 Å². The average Bonchev–Trinajstić information content (AvgIpc) is 3.50. The number of aromatic amines is 1. The SMILES string of the molecule is CC1(C)c2ccc(-c3cccc4c3[nH]c3c5ccccc5c5ccccc5c43)cc2-c2c1ccc1ccccc21.[HH]. The van der Waals surface area contributed by atoms with E-state index in [1.165, 1.54) is 87.5 Å². The number of fused-ring (bicyclic) bond motifs is 13. The largest absolute Gasteiger partial charge is 0.353 e. The van der Waals surface area contributed by atoms with Gasteiger partial charge in [0.1, 0.15) is 0 Å². The van der Waals surface area contributed by atoms with Crippen LogP contribution in [0.3, 0.4) is 0 Å². The van der Waals surface area contributed by atoms with E-state index in [0.29, 0.717) is 0 Å². The smallest absolute Gasteiger partial charge is 0.0551 e. The zero-order chi connectivity index (χ0) is 26.6. The van der Waals surface area contributed by atoms with Gasteiger partial charge in [-0.2, -0.15) is 0 Å². The van der Waals surface area contributed by atoms with Gasteiger partial charge in [-0.1, -0.05) is 129 Å². The lowest BCUT2D eigenvalue weighted by molar-refractivity contribution is 0.661. The van der Waals surface area contributed by atoms with Crippen LogP contribution in [0.4, 0.5) is 0 Å². The summed E-state index contributed by atoms with van der Waals surface area (Å²) in [6.45, 7) is 4.72. The molecule has 0 aliphatic heterocycles. The molecule has 9 rings (SSSR count). The van der Waals surface area contributed by atoms with Crippen molar-refractivity contribution in [3.63, 3.8) is 0 Å². The standard InChI is InChI=1S/C39H27N.H2/c1-39(2)33-20-19-24(22-32(33)35-25-11-4-3-10-23(25)18-21-34(35)39)26-16-9-17-31-36-29-14-7-5-12-27(29)28-13-6-8-15-30(28)38(36)40-37(26)31;/h3-22,40H,1-2H3;1H. The third-order valence-corrected chi connectivity index (χ3v) is 9.39. The minimum absolute atomic E-state index is 0. The van der Waals surface area contributed by atoms with Crippen LogP contribution < -0.4 is 0 Å². The first-order chi connectivity index (χ1) is 19.6. The Balaban J connectivity index is 0.00000256. The molecule has 0 spiro atoms. The number of para-hydroxylation sites is 1. The van der Waals surface area contributed by atoms with Gasteiger partial charge in [-0.15, -0.1) is 0 Å². The molecule has 40 heavy (non-hydrogen) atoms. The maximum absolute atomic E-state index is 3.91. The van der Waals surface area contributed by atoms with Gasteiger partial charge in [-0.3, -0.25) is 0 Å². The molecule has 0 fully saturated rings. The Bertz CT molecular complexity index is 2360. The monoisotopic (exact) mass is 511 g/mol. The van der Waals surface area contributed by atoms with Crippen LogP contribution in [-0.4, -0.2) is 4.98 Å². The van der Waals surface area contributed by atoms with Gasteiger partial charge in [0, 0.05) is 28.6 Å². The van der Waals surface area contributed by atoms with Crippen LogP contribution in [0.15, 0.2) is 121 Å². The molecule has 1 heterocycles. The van der Waals surface area contributed by atoms with Gasteiger partial charge >= 0.3 is 0 Å². The van der Waals surface area contributed by atoms with E-state index in [2.05, 4.69) is 140 Å². The number of hydrogen-bond donors (Lipinski definition) is 1. The van der Waals surface area contributed by atoms with E-state index in [1.807, 2.05) is 0 Å². The van der Waals surface area contributed by atoms with Gasteiger partial charge in [0.2, 0.25) is 0 Å². The second kappa shape index (κ2) is 7.61. The molecule has 0 amide bonds. The quantitative estimate of drug-likeness (QED) is 0.211. The molecule has 7 aromatic carbocycles. The average molecular weight is 512 g/mol. The fourth-order valence-electron chi connectivity index (χ4n) is 7.50. The first-order valence-electron chi connectivity index (χ1n) is 14.1. The number of rotatable bonds is 1. The van der Waals surface area contributed by atoms with Crippen LogP contribution in [0.5, 0.6) is 0 Å². The summed E-state index contributed by atoms with van der Waals surface area (Å²) in [7, 11) is 0. The van der Waals surface area contributed by atoms with Crippen LogP contribution in [0.1, 0.15) is 26.4 Å². The molecule has 1 aromatic heterocycles. The Labute approximate surface area is 234 Å². The summed E-state index contributed by atoms with van der Waals surface area (Å²) in [4.78, 5) is 3.91. The van der Waals surface area contributed by atoms with E-state index in [0.717, 1.165) is 0 Å². The molecule has 190 valence electrons. The highest BCUT2D eigenvalue weighted by Crippen LogP contribution is 2.52. The zero-order valence-corrected chi connectivity index (χ0v) is 22.5. The van der Waals surface area contributed by atoms with Gasteiger partial charge in [0.05, 0.1) is 11.0 Å². The summed E-state index contributed by atoms with van der Waals surface area (Å²) in [6, 6.07) is 44.9. The molecule has 1 nitrogen and oxygen atoms in total. The fourth-order valence-corrected chi connectivity index (χ4v) is 7.50. The first kappa shape index (κ1) is 22.0. The normalized spacial score (nSPS) is 13.9. The van der Waals surface area contributed by atoms with E-state index in [9.17, 15) is 0 Å². The molecule has 0 radical (unpaired) electrons. The van der Waals surface area contributed by atoms with Crippen LogP contribution in [0.25, 0.3) is 76.4 Å². The Morgan fingerprint density at radius 1 is 0.500 bits per heavy atom. The number of benzene rings is 7. The summed E-state index contributed by atoms with van der Waals surface area (Å²) in [5.41, 5.74) is 10.5. The highest BCUT2D eigenvalue weighted by atomic mass is 14.7. The molecule has 0 unspecified atom stereocenters. The van der Waals surface area contributed by atoms with Crippen molar-refractivity contribution in [1.29, 1.82) is 0 Å². The highest BCUT2D eigenvalue weighted by Gasteiger charge is 2.36. The molecule has 0 bridgehead atoms. The highest BCUT2D eigenvalue weighted by molar-refractivity contribution is 6.32.